The Balaban J connectivity index is 1.80. The van der Waals surface area contributed by atoms with Crippen LogP contribution in [0.2, 0.25) is 0 Å². The summed E-state index contributed by atoms with van der Waals surface area (Å²) in [6.45, 7) is 1.66. The molecule has 0 radical (unpaired) electrons. The predicted octanol–water partition coefficient (Wildman–Crippen LogP) is 1.40. The van der Waals surface area contributed by atoms with Gasteiger partial charge in [0.2, 0.25) is 0 Å². The Morgan fingerprint density at radius 3 is 2.95 bits per heavy atom. The Labute approximate surface area is 119 Å². The Hall–Kier alpha value is -3.16. The molecule has 8 nitrogen and oxygen atoms in total. The highest BCUT2D eigenvalue weighted by Crippen LogP contribution is 2.12. The SMILES string of the molecule is Cc1noc(NC(=O)c2ccn(-c3cccc(N)c3)n2)n1. The van der Waals surface area contributed by atoms with Gasteiger partial charge in [-0.2, -0.15) is 10.1 Å². The minimum atomic E-state index is -0.429. The van der Waals surface area contributed by atoms with Crippen molar-refractivity contribution in [1.29, 1.82) is 0 Å². The molecule has 21 heavy (non-hydrogen) atoms. The van der Waals surface area contributed by atoms with Gasteiger partial charge >= 0.3 is 6.01 Å². The van der Waals surface area contributed by atoms with Gasteiger partial charge in [-0.15, -0.1) is 0 Å². The van der Waals surface area contributed by atoms with Crippen LogP contribution in [-0.2, 0) is 0 Å². The standard InChI is InChI=1S/C13H12N6O2/c1-8-15-13(21-18-8)16-12(20)11-5-6-19(17-11)10-4-2-3-9(14)7-10/h2-7H,14H2,1H3,(H,15,16,18,20). The van der Waals surface area contributed by atoms with E-state index in [0.29, 0.717) is 11.5 Å². The number of aryl methyl sites for hydroxylation is 1. The van der Waals surface area contributed by atoms with Gasteiger partial charge in [0.25, 0.3) is 5.91 Å². The molecule has 0 bridgehead atoms. The van der Waals surface area contributed by atoms with Gasteiger partial charge in [-0.1, -0.05) is 11.2 Å². The largest absolute Gasteiger partial charge is 0.399 e. The molecule has 106 valence electrons. The van der Waals surface area contributed by atoms with E-state index in [1.807, 2.05) is 12.1 Å². The topological polar surface area (TPSA) is 112 Å². The van der Waals surface area contributed by atoms with Crippen molar-refractivity contribution in [2.75, 3.05) is 11.1 Å². The molecular formula is C13H12N6O2. The van der Waals surface area contributed by atoms with Gasteiger partial charge in [-0.3, -0.25) is 10.1 Å². The van der Waals surface area contributed by atoms with E-state index in [1.165, 1.54) is 0 Å². The normalized spacial score (nSPS) is 10.5. The smallest absolute Gasteiger partial charge is 0.328 e. The number of amides is 1. The summed E-state index contributed by atoms with van der Waals surface area (Å²) < 4.78 is 6.38. The van der Waals surface area contributed by atoms with Crippen molar-refractivity contribution in [2.45, 2.75) is 6.92 Å². The van der Waals surface area contributed by atoms with Crippen molar-refractivity contribution in [1.82, 2.24) is 19.9 Å². The number of rotatable bonds is 3. The van der Waals surface area contributed by atoms with Crippen molar-refractivity contribution in [3.8, 4) is 5.69 Å². The van der Waals surface area contributed by atoms with Crippen LogP contribution in [0.5, 0.6) is 0 Å². The lowest BCUT2D eigenvalue weighted by atomic mass is 10.3. The third-order valence-corrected chi connectivity index (χ3v) is 2.70. The zero-order chi connectivity index (χ0) is 14.8. The number of aromatic nitrogens is 4. The zero-order valence-electron chi connectivity index (χ0n) is 11.1. The average Bonchev–Trinajstić information content (AvgIpc) is 3.08. The Bertz CT molecular complexity index is 791. The number of benzene rings is 1. The number of nitrogens with one attached hydrogen (secondary N) is 1. The fourth-order valence-electron chi connectivity index (χ4n) is 1.77. The molecule has 1 amide bonds. The first-order valence-corrected chi connectivity index (χ1v) is 6.15. The molecule has 0 spiro atoms. The zero-order valence-corrected chi connectivity index (χ0v) is 11.1. The highest BCUT2D eigenvalue weighted by molar-refractivity contribution is 6.01. The molecule has 2 aromatic heterocycles. The van der Waals surface area contributed by atoms with E-state index < -0.39 is 5.91 Å². The highest BCUT2D eigenvalue weighted by atomic mass is 16.5. The van der Waals surface area contributed by atoms with E-state index in [1.54, 1.807) is 36.0 Å². The van der Waals surface area contributed by atoms with Crippen molar-refractivity contribution in [2.24, 2.45) is 0 Å². The molecule has 0 fully saturated rings. The minimum absolute atomic E-state index is 0.0380. The molecule has 3 rings (SSSR count). The molecule has 3 N–H and O–H groups in total. The quantitative estimate of drug-likeness (QED) is 0.703. The summed E-state index contributed by atoms with van der Waals surface area (Å²) in [7, 11) is 0. The molecule has 0 saturated carbocycles. The lowest BCUT2D eigenvalue weighted by Crippen LogP contribution is -2.13. The first-order valence-electron chi connectivity index (χ1n) is 6.15. The maximum Gasteiger partial charge on any atom is 0.328 e. The first-order chi connectivity index (χ1) is 10.1. The van der Waals surface area contributed by atoms with Gasteiger partial charge in [0.05, 0.1) is 5.69 Å². The first kappa shape index (κ1) is 12.9. The van der Waals surface area contributed by atoms with Crippen molar-refractivity contribution >= 4 is 17.6 Å². The van der Waals surface area contributed by atoms with Crippen LogP contribution in [0.25, 0.3) is 5.69 Å². The fraction of sp³-hybridized carbons (Fsp3) is 0.0769. The number of anilines is 2. The summed E-state index contributed by atoms with van der Waals surface area (Å²) in [5.74, 6) is 0.0110. The second kappa shape index (κ2) is 5.08. The number of nitrogens with two attached hydrogens (primary N) is 1. The number of nitrogen functional groups attached to an aromatic ring is 1. The van der Waals surface area contributed by atoms with Gasteiger partial charge in [-0.05, 0) is 31.2 Å². The molecule has 2 heterocycles. The summed E-state index contributed by atoms with van der Waals surface area (Å²) in [5, 5.41) is 10.2. The molecule has 0 aliphatic heterocycles. The van der Waals surface area contributed by atoms with E-state index >= 15 is 0 Å². The summed E-state index contributed by atoms with van der Waals surface area (Å²) in [6, 6.07) is 8.81. The van der Waals surface area contributed by atoms with Crippen LogP contribution in [0.4, 0.5) is 11.7 Å². The molecule has 0 aliphatic rings. The van der Waals surface area contributed by atoms with Crippen LogP contribution in [-0.4, -0.2) is 25.8 Å². The summed E-state index contributed by atoms with van der Waals surface area (Å²) >= 11 is 0. The number of hydrogen-bond acceptors (Lipinski definition) is 6. The lowest BCUT2D eigenvalue weighted by Gasteiger charge is -2.01. The summed E-state index contributed by atoms with van der Waals surface area (Å²) in [6.07, 6.45) is 1.67. The van der Waals surface area contributed by atoms with Gasteiger partial charge in [0, 0.05) is 11.9 Å². The monoisotopic (exact) mass is 284 g/mol. The van der Waals surface area contributed by atoms with Gasteiger partial charge in [0.15, 0.2) is 11.5 Å². The molecule has 0 unspecified atom stereocenters. The fourth-order valence-corrected chi connectivity index (χ4v) is 1.77. The predicted molar refractivity (Wildman–Crippen MR) is 75.0 cm³/mol. The van der Waals surface area contributed by atoms with Crippen molar-refractivity contribution in [3.05, 3.63) is 48.0 Å². The number of carbonyl (C=O) groups excluding carboxylic acids is 1. The van der Waals surface area contributed by atoms with Gasteiger partial charge in [0.1, 0.15) is 0 Å². The molecule has 8 heteroatoms. The van der Waals surface area contributed by atoms with Crippen LogP contribution in [0.1, 0.15) is 16.3 Å². The van der Waals surface area contributed by atoms with Gasteiger partial charge in [-0.25, -0.2) is 4.68 Å². The van der Waals surface area contributed by atoms with Crippen LogP contribution in [0.15, 0.2) is 41.1 Å². The molecular weight excluding hydrogens is 272 g/mol. The molecule has 0 atom stereocenters. The second-order valence-electron chi connectivity index (χ2n) is 4.34. The maximum absolute atomic E-state index is 12.0. The minimum Gasteiger partial charge on any atom is -0.399 e. The molecule has 0 saturated heterocycles. The summed E-state index contributed by atoms with van der Waals surface area (Å²) in [4.78, 5) is 15.9. The Kier molecular flexibility index (Phi) is 3.11. The van der Waals surface area contributed by atoms with Crippen LogP contribution in [0.3, 0.4) is 0 Å². The molecule has 3 aromatic rings. The van der Waals surface area contributed by atoms with E-state index in [2.05, 4.69) is 20.6 Å². The Morgan fingerprint density at radius 2 is 2.24 bits per heavy atom. The third kappa shape index (κ3) is 2.73. The molecule has 0 aliphatic carbocycles. The van der Waals surface area contributed by atoms with Gasteiger partial charge < -0.3 is 10.3 Å². The molecule has 1 aromatic carbocycles. The van der Waals surface area contributed by atoms with E-state index in [-0.39, 0.29) is 11.7 Å². The highest BCUT2D eigenvalue weighted by Gasteiger charge is 2.13. The number of nitrogens with zero attached hydrogens (tertiary/aromatic N) is 4. The second-order valence-corrected chi connectivity index (χ2v) is 4.34. The number of hydrogen-bond donors (Lipinski definition) is 2. The van der Waals surface area contributed by atoms with Crippen LogP contribution >= 0.6 is 0 Å². The lowest BCUT2D eigenvalue weighted by molar-refractivity contribution is 0.101. The van der Waals surface area contributed by atoms with E-state index in [9.17, 15) is 4.79 Å². The third-order valence-electron chi connectivity index (χ3n) is 2.70. The van der Waals surface area contributed by atoms with E-state index in [0.717, 1.165) is 5.69 Å². The van der Waals surface area contributed by atoms with Crippen molar-refractivity contribution < 1.29 is 9.32 Å². The van der Waals surface area contributed by atoms with Crippen LogP contribution < -0.4 is 11.1 Å². The van der Waals surface area contributed by atoms with E-state index in [4.69, 9.17) is 10.3 Å². The average molecular weight is 284 g/mol. The van der Waals surface area contributed by atoms with Crippen LogP contribution in [0, 0.1) is 6.92 Å². The summed E-state index contributed by atoms with van der Waals surface area (Å²) in [5.41, 5.74) is 7.34. The Morgan fingerprint density at radius 1 is 1.38 bits per heavy atom. The maximum atomic E-state index is 12.0. The number of carbonyl (C=O) groups is 1. The van der Waals surface area contributed by atoms with Crippen molar-refractivity contribution in [3.63, 3.8) is 0 Å².